The molecule has 2 heterocycles. The quantitative estimate of drug-likeness (QED) is 0.226. The molecule has 0 spiro atoms. The minimum Gasteiger partial charge on any atom is -0.456 e. The molecule has 2 fully saturated rings. The molecule has 2 aliphatic rings. The molecule has 2 saturated heterocycles. The summed E-state index contributed by atoms with van der Waals surface area (Å²) in [7, 11) is 1.74. The van der Waals surface area contributed by atoms with Crippen molar-refractivity contribution in [1.29, 1.82) is 0 Å². The van der Waals surface area contributed by atoms with Gasteiger partial charge in [0.15, 0.2) is 0 Å². The Morgan fingerprint density at radius 1 is 0.935 bits per heavy atom. The summed E-state index contributed by atoms with van der Waals surface area (Å²) in [6, 6.07) is 7.96. The molecule has 1 aromatic carbocycles. The molecular weight excluding hydrogens is 580 g/mol. The maximum Gasteiger partial charge on any atom is 0.329 e. The van der Waals surface area contributed by atoms with E-state index in [9.17, 15) is 19.2 Å². The van der Waals surface area contributed by atoms with Gasteiger partial charge in [0.05, 0.1) is 12.1 Å². The number of carbonyl (C=O) groups is 4. The Labute approximate surface area is 277 Å². The van der Waals surface area contributed by atoms with Gasteiger partial charge in [0, 0.05) is 25.2 Å². The number of esters is 1. The molecular formula is C37H58N4O5. The van der Waals surface area contributed by atoms with Gasteiger partial charge >= 0.3 is 5.97 Å². The standard InChI is InChI=1S/C37H58N4O5/c1-10-32(28-17-12-11-13-18-28)46-37(45)30-20-16-22-41(30)35(43)27(8)23-31(24(2)3)39(9)36(44)33(25(4)5)38-34(42)29-19-14-15-21-40(29)26(6)7/h11-13,17-18,23-26,29-33H,10,14-16,19-22H2,1-9H3,(H,38,42)/t29?,30-,31+,32?,33-/m0/s1. The van der Waals surface area contributed by atoms with Crippen LogP contribution >= 0.6 is 0 Å². The van der Waals surface area contributed by atoms with Crippen molar-refractivity contribution in [2.24, 2.45) is 11.8 Å². The lowest BCUT2D eigenvalue weighted by Gasteiger charge is -2.39. The van der Waals surface area contributed by atoms with E-state index in [1.54, 1.807) is 23.8 Å². The van der Waals surface area contributed by atoms with Crippen molar-refractivity contribution < 1.29 is 23.9 Å². The van der Waals surface area contributed by atoms with Crippen molar-refractivity contribution in [1.82, 2.24) is 20.0 Å². The molecule has 0 bridgehead atoms. The van der Waals surface area contributed by atoms with Crippen LogP contribution in [0.2, 0.25) is 0 Å². The predicted molar refractivity (Wildman–Crippen MR) is 182 cm³/mol. The number of rotatable bonds is 13. The van der Waals surface area contributed by atoms with Crippen LogP contribution in [0.15, 0.2) is 42.0 Å². The number of hydrogen-bond acceptors (Lipinski definition) is 6. The average molecular weight is 639 g/mol. The molecule has 2 unspecified atom stereocenters. The van der Waals surface area contributed by atoms with Gasteiger partial charge in [0.2, 0.25) is 17.7 Å². The van der Waals surface area contributed by atoms with Crippen LogP contribution in [0.5, 0.6) is 0 Å². The topological polar surface area (TPSA) is 99.3 Å². The Hall–Kier alpha value is -3.20. The summed E-state index contributed by atoms with van der Waals surface area (Å²) >= 11 is 0. The molecule has 9 nitrogen and oxygen atoms in total. The minimum atomic E-state index is -0.687. The molecule has 5 atom stereocenters. The lowest BCUT2D eigenvalue weighted by Crippen LogP contribution is -2.58. The summed E-state index contributed by atoms with van der Waals surface area (Å²) < 4.78 is 5.92. The van der Waals surface area contributed by atoms with Gasteiger partial charge in [-0.25, -0.2) is 4.79 Å². The van der Waals surface area contributed by atoms with E-state index in [1.807, 2.05) is 71.0 Å². The Kier molecular flexibility index (Phi) is 13.8. The molecule has 46 heavy (non-hydrogen) atoms. The Bertz CT molecular complexity index is 1210. The monoisotopic (exact) mass is 638 g/mol. The fourth-order valence-electron chi connectivity index (χ4n) is 6.82. The molecule has 256 valence electrons. The summed E-state index contributed by atoms with van der Waals surface area (Å²) in [5, 5.41) is 3.10. The first-order chi connectivity index (χ1) is 21.8. The van der Waals surface area contributed by atoms with Gasteiger partial charge in [-0.1, -0.05) is 77.4 Å². The summed E-state index contributed by atoms with van der Waals surface area (Å²) in [6.07, 6.45) is 6.24. The smallest absolute Gasteiger partial charge is 0.329 e. The number of piperidine rings is 1. The molecule has 0 aromatic heterocycles. The van der Waals surface area contributed by atoms with Gasteiger partial charge in [0.25, 0.3) is 0 Å². The van der Waals surface area contributed by atoms with Crippen LogP contribution in [0.4, 0.5) is 0 Å². The van der Waals surface area contributed by atoms with Crippen molar-refractivity contribution in [3.05, 3.63) is 47.5 Å². The highest BCUT2D eigenvalue weighted by atomic mass is 16.5. The second-order valence-electron chi connectivity index (χ2n) is 14.0. The number of likely N-dealkylation sites (tertiary alicyclic amines) is 2. The van der Waals surface area contributed by atoms with Crippen LogP contribution in [-0.2, 0) is 23.9 Å². The van der Waals surface area contributed by atoms with Gasteiger partial charge in [-0.15, -0.1) is 0 Å². The van der Waals surface area contributed by atoms with Crippen LogP contribution in [0, 0.1) is 11.8 Å². The lowest BCUT2D eigenvalue weighted by molar-refractivity contribution is -0.157. The average Bonchev–Trinajstić information content (AvgIpc) is 3.54. The zero-order valence-corrected chi connectivity index (χ0v) is 29.6. The van der Waals surface area contributed by atoms with Gasteiger partial charge in [-0.05, 0) is 76.8 Å². The zero-order valence-electron chi connectivity index (χ0n) is 29.6. The van der Waals surface area contributed by atoms with Crippen molar-refractivity contribution in [3.8, 4) is 0 Å². The number of amides is 3. The summed E-state index contributed by atoms with van der Waals surface area (Å²) in [4.78, 5) is 60.1. The largest absolute Gasteiger partial charge is 0.456 e. The van der Waals surface area contributed by atoms with Crippen LogP contribution in [0.25, 0.3) is 0 Å². The van der Waals surface area contributed by atoms with Crippen molar-refractivity contribution in [3.63, 3.8) is 0 Å². The highest BCUT2D eigenvalue weighted by molar-refractivity contribution is 5.96. The van der Waals surface area contributed by atoms with Crippen molar-refractivity contribution in [2.45, 2.75) is 130 Å². The number of likely N-dealkylation sites (N-methyl/N-ethyl adjacent to an activating group) is 1. The second kappa shape index (κ2) is 17.1. The SMILES string of the molecule is CCC(OC(=O)[C@@H]1CCCN1C(=O)C(C)=C[C@H](C(C)C)N(C)C(=O)[C@@H](NC(=O)C1CCCCN1C(C)C)C(C)C)c1ccccc1. The van der Waals surface area contributed by atoms with Gasteiger partial charge < -0.3 is 19.9 Å². The summed E-state index contributed by atoms with van der Waals surface area (Å²) in [5.41, 5.74) is 1.41. The number of nitrogens with one attached hydrogen (secondary N) is 1. The van der Waals surface area contributed by atoms with E-state index < -0.39 is 12.1 Å². The Morgan fingerprint density at radius 2 is 1.59 bits per heavy atom. The van der Waals surface area contributed by atoms with E-state index in [2.05, 4.69) is 24.1 Å². The van der Waals surface area contributed by atoms with Gasteiger partial charge in [-0.2, -0.15) is 0 Å². The Balaban J connectivity index is 1.74. The van der Waals surface area contributed by atoms with E-state index >= 15 is 0 Å². The highest BCUT2D eigenvalue weighted by Crippen LogP contribution is 2.27. The van der Waals surface area contributed by atoms with Crippen LogP contribution < -0.4 is 5.32 Å². The van der Waals surface area contributed by atoms with E-state index in [-0.39, 0.29) is 59.8 Å². The molecule has 3 rings (SSSR count). The lowest BCUT2D eigenvalue weighted by atomic mass is 9.95. The number of hydrogen-bond donors (Lipinski definition) is 1. The van der Waals surface area contributed by atoms with Crippen molar-refractivity contribution in [2.75, 3.05) is 20.1 Å². The molecule has 1 N–H and O–H groups in total. The third-order valence-corrected chi connectivity index (χ3v) is 9.56. The first-order valence-corrected chi connectivity index (χ1v) is 17.4. The van der Waals surface area contributed by atoms with Crippen molar-refractivity contribution >= 4 is 23.7 Å². The van der Waals surface area contributed by atoms with E-state index in [1.165, 1.54) is 0 Å². The van der Waals surface area contributed by atoms with Gasteiger partial charge in [0.1, 0.15) is 18.2 Å². The van der Waals surface area contributed by atoms with Crippen LogP contribution in [0.1, 0.15) is 106 Å². The molecule has 0 saturated carbocycles. The van der Waals surface area contributed by atoms with Gasteiger partial charge in [-0.3, -0.25) is 19.3 Å². The fourth-order valence-corrected chi connectivity index (χ4v) is 6.82. The normalized spacial score (nSPS) is 21.3. The van der Waals surface area contributed by atoms with Crippen LogP contribution in [-0.4, -0.2) is 88.7 Å². The molecule has 3 amide bonds. The van der Waals surface area contributed by atoms with E-state index in [4.69, 9.17) is 4.74 Å². The predicted octanol–water partition coefficient (Wildman–Crippen LogP) is 5.50. The molecule has 9 heteroatoms. The van der Waals surface area contributed by atoms with E-state index in [0.717, 1.165) is 37.8 Å². The maximum atomic E-state index is 14.0. The minimum absolute atomic E-state index is 0.00511. The molecule has 1 aromatic rings. The first-order valence-electron chi connectivity index (χ1n) is 17.4. The summed E-state index contributed by atoms with van der Waals surface area (Å²) in [5.74, 6) is -0.995. The number of nitrogens with zero attached hydrogens (tertiary/aromatic N) is 3. The Morgan fingerprint density at radius 3 is 2.17 bits per heavy atom. The number of ether oxygens (including phenoxy) is 1. The number of carbonyl (C=O) groups excluding carboxylic acids is 4. The molecule has 2 aliphatic heterocycles. The van der Waals surface area contributed by atoms with Crippen LogP contribution in [0.3, 0.4) is 0 Å². The van der Waals surface area contributed by atoms with E-state index in [0.29, 0.717) is 25.0 Å². The maximum absolute atomic E-state index is 14.0. The second-order valence-corrected chi connectivity index (χ2v) is 14.0. The zero-order chi connectivity index (χ0) is 34.1. The first kappa shape index (κ1) is 37.3. The molecule has 0 radical (unpaired) electrons. The fraction of sp³-hybridized carbons (Fsp3) is 0.676. The highest BCUT2D eigenvalue weighted by Gasteiger charge is 2.38. The summed E-state index contributed by atoms with van der Waals surface area (Å²) in [6.45, 7) is 17.2. The third-order valence-electron chi connectivity index (χ3n) is 9.56. The third kappa shape index (κ3) is 9.20. The number of benzene rings is 1. The molecule has 0 aliphatic carbocycles.